The Bertz CT molecular complexity index is 699. The summed E-state index contributed by atoms with van der Waals surface area (Å²) in [5, 5.41) is 5.61. The molecule has 19 heavy (non-hydrogen) atoms. The monoisotopic (exact) mass is 248 g/mol. The molecule has 94 valence electrons. The van der Waals surface area contributed by atoms with Crippen molar-refractivity contribution in [3.63, 3.8) is 0 Å². The summed E-state index contributed by atoms with van der Waals surface area (Å²) in [6.45, 7) is 0.881. The number of benzene rings is 2. The van der Waals surface area contributed by atoms with E-state index < -0.39 is 0 Å². The predicted molar refractivity (Wildman–Crippen MR) is 79.9 cm³/mol. The Kier molecular flexibility index (Phi) is 3.25. The van der Waals surface area contributed by atoms with Gasteiger partial charge in [0.15, 0.2) is 0 Å². The van der Waals surface area contributed by atoms with Gasteiger partial charge in [-0.15, -0.1) is 0 Å². The van der Waals surface area contributed by atoms with E-state index in [0.29, 0.717) is 0 Å². The van der Waals surface area contributed by atoms with Gasteiger partial charge >= 0.3 is 0 Å². The van der Waals surface area contributed by atoms with Crippen molar-refractivity contribution < 1.29 is 0 Å². The first-order valence-corrected chi connectivity index (χ1v) is 6.45. The normalized spacial score (nSPS) is 10.8. The maximum Gasteiger partial charge on any atom is 0.0352 e. The number of hydrogen-bond acceptors (Lipinski definition) is 2. The minimum atomic E-state index is 0.881. The fourth-order valence-electron chi connectivity index (χ4n) is 2.40. The standard InChI is InChI=1S/C17H16N2/c1-18-10-13-5-4-7-14(9-13)17-12-19-11-15-6-2-3-8-16(15)17/h2-9,11-12,18H,10H2,1H3. The van der Waals surface area contributed by atoms with Crippen molar-refractivity contribution in [3.8, 4) is 11.1 Å². The van der Waals surface area contributed by atoms with Crippen molar-refractivity contribution in [1.82, 2.24) is 10.3 Å². The summed E-state index contributed by atoms with van der Waals surface area (Å²) in [5.41, 5.74) is 3.70. The summed E-state index contributed by atoms with van der Waals surface area (Å²) in [6.07, 6.45) is 3.86. The minimum Gasteiger partial charge on any atom is -0.316 e. The highest BCUT2D eigenvalue weighted by Gasteiger charge is 2.04. The Morgan fingerprint density at radius 2 is 1.89 bits per heavy atom. The fraction of sp³-hybridized carbons (Fsp3) is 0.118. The molecule has 3 aromatic rings. The van der Waals surface area contributed by atoms with Gasteiger partial charge < -0.3 is 5.32 Å². The highest BCUT2D eigenvalue weighted by molar-refractivity contribution is 5.95. The molecule has 3 rings (SSSR count). The van der Waals surface area contributed by atoms with Crippen LogP contribution in [0.3, 0.4) is 0 Å². The zero-order valence-corrected chi connectivity index (χ0v) is 10.9. The average molecular weight is 248 g/mol. The molecule has 0 bridgehead atoms. The van der Waals surface area contributed by atoms with E-state index in [-0.39, 0.29) is 0 Å². The molecule has 0 spiro atoms. The van der Waals surface area contributed by atoms with Crippen molar-refractivity contribution in [1.29, 1.82) is 0 Å². The van der Waals surface area contributed by atoms with Crippen LogP contribution in [0.25, 0.3) is 21.9 Å². The van der Waals surface area contributed by atoms with Crippen molar-refractivity contribution in [2.75, 3.05) is 7.05 Å². The zero-order valence-electron chi connectivity index (χ0n) is 10.9. The Balaban J connectivity index is 2.16. The van der Waals surface area contributed by atoms with Gasteiger partial charge in [0.2, 0.25) is 0 Å². The van der Waals surface area contributed by atoms with Crippen LogP contribution in [-0.4, -0.2) is 12.0 Å². The molecule has 0 saturated carbocycles. The van der Waals surface area contributed by atoms with Gasteiger partial charge in [-0.1, -0.05) is 42.5 Å². The first-order valence-electron chi connectivity index (χ1n) is 6.45. The summed E-state index contributed by atoms with van der Waals surface area (Å²) < 4.78 is 0. The summed E-state index contributed by atoms with van der Waals surface area (Å²) in [7, 11) is 1.96. The number of nitrogens with one attached hydrogen (secondary N) is 1. The van der Waals surface area contributed by atoms with Crippen molar-refractivity contribution in [3.05, 3.63) is 66.5 Å². The second-order valence-electron chi connectivity index (χ2n) is 4.64. The van der Waals surface area contributed by atoms with Gasteiger partial charge in [-0.25, -0.2) is 0 Å². The van der Waals surface area contributed by atoms with Gasteiger partial charge in [0.05, 0.1) is 0 Å². The summed E-state index contributed by atoms with van der Waals surface area (Å²) in [6, 6.07) is 17.0. The van der Waals surface area contributed by atoms with Gasteiger partial charge in [0.25, 0.3) is 0 Å². The van der Waals surface area contributed by atoms with E-state index in [0.717, 1.165) is 6.54 Å². The maximum atomic E-state index is 4.35. The molecule has 0 aliphatic rings. The number of fused-ring (bicyclic) bond motifs is 1. The fourth-order valence-corrected chi connectivity index (χ4v) is 2.40. The molecule has 1 heterocycles. The molecular formula is C17H16N2. The molecule has 0 unspecified atom stereocenters. The maximum absolute atomic E-state index is 4.35. The molecule has 2 aromatic carbocycles. The van der Waals surface area contributed by atoms with Gasteiger partial charge in [0, 0.05) is 29.9 Å². The SMILES string of the molecule is CNCc1cccc(-c2cncc3ccccc23)c1. The van der Waals surface area contributed by atoms with Gasteiger partial charge in [-0.05, 0) is 29.6 Å². The second-order valence-corrected chi connectivity index (χ2v) is 4.64. The molecule has 0 amide bonds. The van der Waals surface area contributed by atoms with Crippen LogP contribution in [-0.2, 0) is 6.54 Å². The molecule has 1 aromatic heterocycles. The van der Waals surface area contributed by atoms with Crippen molar-refractivity contribution in [2.45, 2.75) is 6.54 Å². The topological polar surface area (TPSA) is 24.9 Å². The lowest BCUT2D eigenvalue weighted by atomic mass is 9.99. The first-order chi connectivity index (χ1) is 9.38. The third kappa shape index (κ3) is 2.35. The van der Waals surface area contributed by atoms with E-state index in [4.69, 9.17) is 0 Å². The Morgan fingerprint density at radius 3 is 2.79 bits per heavy atom. The predicted octanol–water partition coefficient (Wildman–Crippen LogP) is 3.62. The quantitative estimate of drug-likeness (QED) is 0.765. The largest absolute Gasteiger partial charge is 0.316 e. The highest BCUT2D eigenvalue weighted by atomic mass is 14.8. The number of aromatic nitrogens is 1. The Hall–Kier alpha value is -2.19. The molecule has 2 heteroatoms. The zero-order chi connectivity index (χ0) is 13.1. The Morgan fingerprint density at radius 1 is 1.00 bits per heavy atom. The van der Waals surface area contributed by atoms with E-state index in [9.17, 15) is 0 Å². The van der Waals surface area contributed by atoms with Gasteiger partial charge in [0.1, 0.15) is 0 Å². The first kappa shape index (κ1) is 11.9. The van der Waals surface area contributed by atoms with Crippen LogP contribution >= 0.6 is 0 Å². The number of nitrogens with zero attached hydrogens (tertiary/aromatic N) is 1. The van der Waals surface area contributed by atoms with Crippen LogP contribution in [0.4, 0.5) is 0 Å². The van der Waals surface area contributed by atoms with Crippen LogP contribution in [0.15, 0.2) is 60.9 Å². The van der Waals surface area contributed by atoms with E-state index in [2.05, 4.69) is 52.8 Å². The number of hydrogen-bond donors (Lipinski definition) is 1. The molecule has 1 N–H and O–H groups in total. The smallest absolute Gasteiger partial charge is 0.0352 e. The second kappa shape index (κ2) is 5.21. The van der Waals surface area contributed by atoms with E-state index in [1.165, 1.54) is 27.5 Å². The molecular weight excluding hydrogens is 232 g/mol. The van der Waals surface area contributed by atoms with E-state index in [1.54, 1.807) is 0 Å². The van der Waals surface area contributed by atoms with Crippen LogP contribution in [0.5, 0.6) is 0 Å². The molecule has 0 fully saturated rings. The minimum absolute atomic E-state index is 0.881. The van der Waals surface area contributed by atoms with Crippen molar-refractivity contribution >= 4 is 10.8 Å². The van der Waals surface area contributed by atoms with E-state index >= 15 is 0 Å². The lowest BCUT2D eigenvalue weighted by molar-refractivity contribution is 0.818. The van der Waals surface area contributed by atoms with Gasteiger partial charge in [-0.2, -0.15) is 0 Å². The summed E-state index contributed by atoms with van der Waals surface area (Å²) >= 11 is 0. The lowest BCUT2D eigenvalue weighted by Crippen LogP contribution is -2.04. The molecule has 2 nitrogen and oxygen atoms in total. The lowest BCUT2D eigenvalue weighted by Gasteiger charge is -2.08. The molecule has 0 radical (unpaired) electrons. The van der Waals surface area contributed by atoms with Crippen LogP contribution < -0.4 is 5.32 Å². The molecule has 0 aliphatic carbocycles. The summed E-state index contributed by atoms with van der Waals surface area (Å²) in [5.74, 6) is 0. The number of pyridine rings is 1. The third-order valence-corrected chi connectivity index (χ3v) is 3.29. The van der Waals surface area contributed by atoms with Crippen molar-refractivity contribution in [2.24, 2.45) is 0 Å². The molecule has 0 aliphatic heterocycles. The van der Waals surface area contributed by atoms with Gasteiger partial charge in [-0.3, -0.25) is 4.98 Å². The molecule has 0 saturated heterocycles. The third-order valence-electron chi connectivity index (χ3n) is 3.29. The van der Waals surface area contributed by atoms with Crippen LogP contribution in [0.2, 0.25) is 0 Å². The number of rotatable bonds is 3. The van der Waals surface area contributed by atoms with E-state index in [1.807, 2.05) is 25.5 Å². The average Bonchev–Trinajstić information content (AvgIpc) is 2.47. The Labute approximate surface area is 113 Å². The van der Waals surface area contributed by atoms with Crippen LogP contribution in [0, 0.1) is 0 Å². The summed E-state index contributed by atoms with van der Waals surface area (Å²) in [4.78, 5) is 4.35. The highest BCUT2D eigenvalue weighted by Crippen LogP contribution is 2.27. The molecule has 0 atom stereocenters. The van der Waals surface area contributed by atoms with Crippen LogP contribution in [0.1, 0.15) is 5.56 Å².